The molecule has 8 heteroatoms. The van der Waals surface area contributed by atoms with Gasteiger partial charge in [-0.25, -0.2) is 4.79 Å². The molecule has 0 aliphatic carbocycles. The SMILES string of the molecule is NC(=O)CN(CC(N)=O)c1ccc(Br)cc1/C=C/C(=O)O. The van der Waals surface area contributed by atoms with E-state index in [0.29, 0.717) is 11.3 Å². The third-order valence-electron chi connectivity index (χ3n) is 2.43. The molecule has 0 atom stereocenters. The Hall–Kier alpha value is -2.35. The molecule has 0 saturated heterocycles. The summed E-state index contributed by atoms with van der Waals surface area (Å²) in [5.41, 5.74) is 11.3. The van der Waals surface area contributed by atoms with Crippen LogP contribution in [0.5, 0.6) is 0 Å². The maximum absolute atomic E-state index is 11.1. The topological polar surface area (TPSA) is 127 Å². The van der Waals surface area contributed by atoms with Crippen LogP contribution in [0.4, 0.5) is 5.69 Å². The highest BCUT2D eigenvalue weighted by molar-refractivity contribution is 9.10. The maximum atomic E-state index is 11.1. The van der Waals surface area contributed by atoms with Crippen LogP contribution < -0.4 is 16.4 Å². The third kappa shape index (κ3) is 5.65. The Balaban J connectivity index is 3.25. The molecule has 0 unspecified atom stereocenters. The first kappa shape index (κ1) is 16.7. The van der Waals surface area contributed by atoms with Crippen molar-refractivity contribution in [2.45, 2.75) is 0 Å². The van der Waals surface area contributed by atoms with E-state index in [-0.39, 0.29) is 13.1 Å². The summed E-state index contributed by atoms with van der Waals surface area (Å²) in [5, 5.41) is 8.70. The standard InChI is InChI=1S/C13H14BrN3O4/c14-9-2-3-10(8(5-9)1-4-13(20)21)17(6-11(15)18)7-12(16)19/h1-5H,6-7H2,(H2,15,18)(H2,16,19)(H,20,21)/b4-1+. The molecule has 1 rings (SSSR count). The fourth-order valence-electron chi connectivity index (χ4n) is 1.71. The Morgan fingerprint density at radius 2 is 1.76 bits per heavy atom. The number of hydrogen-bond acceptors (Lipinski definition) is 4. The summed E-state index contributed by atoms with van der Waals surface area (Å²) in [7, 11) is 0. The molecule has 0 saturated carbocycles. The Morgan fingerprint density at radius 1 is 1.19 bits per heavy atom. The van der Waals surface area contributed by atoms with Gasteiger partial charge in [-0.2, -0.15) is 0 Å². The highest BCUT2D eigenvalue weighted by Crippen LogP contribution is 2.25. The summed E-state index contributed by atoms with van der Waals surface area (Å²) in [6.45, 7) is -0.420. The zero-order valence-corrected chi connectivity index (χ0v) is 12.5. The van der Waals surface area contributed by atoms with Gasteiger partial charge in [0.25, 0.3) is 0 Å². The molecule has 5 N–H and O–H groups in total. The molecule has 1 aromatic rings. The fraction of sp³-hybridized carbons (Fsp3) is 0.154. The Bertz CT molecular complexity index is 585. The van der Waals surface area contributed by atoms with Gasteiger partial charge in [-0.3, -0.25) is 9.59 Å². The van der Waals surface area contributed by atoms with Gasteiger partial charge in [0.2, 0.25) is 11.8 Å². The van der Waals surface area contributed by atoms with E-state index in [4.69, 9.17) is 16.6 Å². The Labute approximate surface area is 129 Å². The quantitative estimate of drug-likeness (QED) is 0.607. The van der Waals surface area contributed by atoms with Gasteiger partial charge in [0, 0.05) is 16.2 Å². The fourth-order valence-corrected chi connectivity index (χ4v) is 2.09. The molecular weight excluding hydrogens is 342 g/mol. The number of carboxylic acid groups (broad SMARTS) is 1. The number of carboxylic acids is 1. The molecule has 2 amide bonds. The van der Waals surface area contributed by atoms with Gasteiger partial charge < -0.3 is 21.5 Å². The molecule has 0 radical (unpaired) electrons. The molecule has 0 aliphatic heterocycles. The van der Waals surface area contributed by atoms with Crippen molar-refractivity contribution < 1.29 is 19.5 Å². The zero-order chi connectivity index (χ0) is 16.0. The van der Waals surface area contributed by atoms with Crippen molar-refractivity contribution in [3.63, 3.8) is 0 Å². The first-order valence-corrected chi connectivity index (χ1v) is 6.61. The van der Waals surface area contributed by atoms with Gasteiger partial charge in [0.15, 0.2) is 0 Å². The van der Waals surface area contributed by atoms with E-state index in [2.05, 4.69) is 15.9 Å². The molecule has 0 aromatic heterocycles. The lowest BCUT2D eigenvalue weighted by atomic mass is 10.1. The molecule has 0 spiro atoms. The highest BCUT2D eigenvalue weighted by atomic mass is 79.9. The van der Waals surface area contributed by atoms with Gasteiger partial charge in [-0.05, 0) is 29.8 Å². The normalized spacial score (nSPS) is 10.5. The van der Waals surface area contributed by atoms with E-state index in [1.807, 2.05) is 0 Å². The number of primary amides is 2. The molecule has 0 heterocycles. The van der Waals surface area contributed by atoms with Gasteiger partial charge in [0.05, 0.1) is 13.1 Å². The van der Waals surface area contributed by atoms with E-state index in [0.717, 1.165) is 10.5 Å². The lowest BCUT2D eigenvalue weighted by Crippen LogP contribution is -2.40. The molecular formula is C13H14BrN3O4. The van der Waals surface area contributed by atoms with E-state index < -0.39 is 17.8 Å². The van der Waals surface area contributed by atoms with Crippen LogP contribution >= 0.6 is 15.9 Å². The van der Waals surface area contributed by atoms with Crippen molar-refractivity contribution in [2.24, 2.45) is 11.5 Å². The monoisotopic (exact) mass is 355 g/mol. The van der Waals surface area contributed by atoms with Crippen LogP contribution in [0.1, 0.15) is 5.56 Å². The number of benzene rings is 1. The second-order valence-corrected chi connectivity index (χ2v) is 5.08. The number of rotatable bonds is 7. The van der Waals surface area contributed by atoms with Crippen molar-refractivity contribution in [1.29, 1.82) is 0 Å². The van der Waals surface area contributed by atoms with Gasteiger partial charge >= 0.3 is 5.97 Å². The first-order chi connectivity index (χ1) is 9.79. The number of nitrogens with two attached hydrogens (primary N) is 2. The van der Waals surface area contributed by atoms with Crippen LogP contribution in [0.3, 0.4) is 0 Å². The van der Waals surface area contributed by atoms with Crippen LogP contribution in [0.25, 0.3) is 6.08 Å². The van der Waals surface area contributed by atoms with Gasteiger partial charge in [-0.15, -0.1) is 0 Å². The summed E-state index contributed by atoms with van der Waals surface area (Å²) in [5.74, 6) is -2.38. The maximum Gasteiger partial charge on any atom is 0.328 e. The van der Waals surface area contributed by atoms with Crippen LogP contribution in [-0.4, -0.2) is 36.0 Å². The first-order valence-electron chi connectivity index (χ1n) is 5.81. The number of halogens is 1. The number of carbonyl (C=O) groups excluding carboxylic acids is 2. The van der Waals surface area contributed by atoms with Gasteiger partial charge in [0.1, 0.15) is 0 Å². The summed E-state index contributed by atoms with van der Waals surface area (Å²) >= 11 is 3.27. The van der Waals surface area contributed by atoms with E-state index in [1.165, 1.54) is 11.0 Å². The predicted molar refractivity (Wildman–Crippen MR) is 81.4 cm³/mol. The number of amides is 2. The largest absolute Gasteiger partial charge is 0.478 e. The molecule has 0 fully saturated rings. The number of hydrogen-bond donors (Lipinski definition) is 3. The van der Waals surface area contributed by atoms with Crippen LogP contribution in [0, 0.1) is 0 Å². The van der Waals surface area contributed by atoms with Crippen molar-refractivity contribution >= 4 is 45.5 Å². The average Bonchev–Trinajstić information content (AvgIpc) is 2.34. The molecule has 7 nitrogen and oxygen atoms in total. The molecule has 0 bridgehead atoms. The summed E-state index contributed by atoms with van der Waals surface area (Å²) in [6.07, 6.45) is 2.31. The van der Waals surface area contributed by atoms with E-state index in [1.54, 1.807) is 18.2 Å². The van der Waals surface area contributed by atoms with Crippen molar-refractivity contribution in [1.82, 2.24) is 0 Å². The molecule has 0 aliphatic rings. The molecule has 21 heavy (non-hydrogen) atoms. The Morgan fingerprint density at radius 3 is 2.24 bits per heavy atom. The smallest absolute Gasteiger partial charge is 0.328 e. The summed E-state index contributed by atoms with van der Waals surface area (Å²) in [6, 6.07) is 4.99. The highest BCUT2D eigenvalue weighted by Gasteiger charge is 2.15. The van der Waals surface area contributed by atoms with Crippen molar-refractivity contribution in [3.05, 3.63) is 34.3 Å². The van der Waals surface area contributed by atoms with Crippen LogP contribution in [0.2, 0.25) is 0 Å². The second kappa shape index (κ2) is 7.44. The van der Waals surface area contributed by atoms with Crippen LogP contribution in [-0.2, 0) is 14.4 Å². The molecule has 1 aromatic carbocycles. The average molecular weight is 356 g/mol. The minimum Gasteiger partial charge on any atom is -0.478 e. The lowest BCUT2D eigenvalue weighted by Gasteiger charge is -2.23. The Kier molecular flexibility index (Phi) is 5.92. The second-order valence-electron chi connectivity index (χ2n) is 4.16. The number of anilines is 1. The van der Waals surface area contributed by atoms with Crippen molar-refractivity contribution in [2.75, 3.05) is 18.0 Å². The summed E-state index contributed by atoms with van der Waals surface area (Å²) < 4.78 is 0.717. The minimum atomic E-state index is -1.11. The number of carbonyl (C=O) groups is 3. The number of aliphatic carboxylic acids is 1. The van der Waals surface area contributed by atoms with Gasteiger partial charge in [-0.1, -0.05) is 15.9 Å². The zero-order valence-electron chi connectivity index (χ0n) is 11.0. The molecule has 112 valence electrons. The third-order valence-corrected chi connectivity index (χ3v) is 2.92. The van der Waals surface area contributed by atoms with E-state index >= 15 is 0 Å². The van der Waals surface area contributed by atoms with E-state index in [9.17, 15) is 14.4 Å². The van der Waals surface area contributed by atoms with Crippen LogP contribution in [0.15, 0.2) is 28.7 Å². The lowest BCUT2D eigenvalue weighted by molar-refractivity contribution is -0.131. The van der Waals surface area contributed by atoms with Crippen molar-refractivity contribution in [3.8, 4) is 0 Å². The number of nitrogens with zero attached hydrogens (tertiary/aromatic N) is 1. The minimum absolute atomic E-state index is 0.210. The predicted octanol–water partition coefficient (Wildman–Crippen LogP) is 0.324. The summed E-state index contributed by atoms with van der Waals surface area (Å²) in [4.78, 5) is 34.3.